The first-order valence-electron chi connectivity index (χ1n) is 11.2. The van der Waals surface area contributed by atoms with Gasteiger partial charge in [-0.3, -0.25) is 4.98 Å². The van der Waals surface area contributed by atoms with Crippen molar-refractivity contribution in [1.82, 2.24) is 19.9 Å². The first kappa shape index (κ1) is 24.9. The summed E-state index contributed by atoms with van der Waals surface area (Å²) in [6, 6.07) is 4.04. The molecule has 2 aromatic heterocycles. The number of carbonyl (C=O) groups excluding carboxylic acids is 1. The second-order valence-corrected chi connectivity index (χ2v) is 9.23. The molecule has 0 radical (unpaired) electrons. The molecule has 180 valence electrons. The van der Waals surface area contributed by atoms with E-state index in [0.29, 0.717) is 43.4 Å². The number of aryl methyl sites for hydroxylation is 2. The Balaban J connectivity index is 1.66. The molecule has 9 nitrogen and oxygen atoms in total. The number of ether oxygens (including phenoxy) is 3. The molecule has 0 spiro atoms. The van der Waals surface area contributed by atoms with Crippen LogP contribution in [0.2, 0.25) is 0 Å². The van der Waals surface area contributed by atoms with Gasteiger partial charge >= 0.3 is 6.09 Å². The van der Waals surface area contributed by atoms with Crippen molar-refractivity contribution in [1.29, 1.82) is 0 Å². The van der Waals surface area contributed by atoms with Crippen LogP contribution in [0.1, 0.15) is 38.1 Å². The molecule has 3 rings (SSSR count). The highest BCUT2D eigenvalue weighted by atomic mass is 32.2. The van der Waals surface area contributed by atoms with Gasteiger partial charge in [0.2, 0.25) is 5.75 Å². The SMILES string of the molecule is COc1c(Nc2ccc(CC[SH+]C)nc2C)ncnc1OC1CCN(C(=O)OC(C)C)CC1. The number of carbonyl (C=O) groups is 1. The van der Waals surface area contributed by atoms with Crippen LogP contribution in [0.5, 0.6) is 11.6 Å². The summed E-state index contributed by atoms with van der Waals surface area (Å²) in [4.78, 5) is 27.1. The maximum Gasteiger partial charge on any atom is 0.410 e. The van der Waals surface area contributed by atoms with E-state index in [1.165, 1.54) is 18.1 Å². The Bertz CT molecular complexity index is 935. The molecule has 0 bridgehead atoms. The Morgan fingerprint density at radius 3 is 2.67 bits per heavy atom. The van der Waals surface area contributed by atoms with Gasteiger partial charge in [0.15, 0.2) is 5.82 Å². The highest BCUT2D eigenvalue weighted by Gasteiger charge is 2.27. The summed E-state index contributed by atoms with van der Waals surface area (Å²) < 4.78 is 17.0. The van der Waals surface area contributed by atoms with Gasteiger partial charge in [0.1, 0.15) is 18.2 Å². The lowest BCUT2D eigenvalue weighted by molar-refractivity contribution is 0.0500. The molecule has 1 aliphatic heterocycles. The standard InChI is InChI=1S/C23H33N5O4S/c1-15(2)31-23(29)28-11-8-18(9-12-28)32-22-20(30-4)21(24-14-25-22)27-19-7-6-17(10-13-33-5)26-16(19)3/h6-7,14-15,18H,8-13H2,1-5H3,(H,24,25,27)/p+1. The lowest BCUT2D eigenvalue weighted by atomic mass is 10.1. The van der Waals surface area contributed by atoms with Gasteiger partial charge in [0.05, 0.1) is 30.9 Å². The van der Waals surface area contributed by atoms with Crippen LogP contribution in [0.4, 0.5) is 16.3 Å². The number of likely N-dealkylation sites (tertiary alicyclic amines) is 1. The van der Waals surface area contributed by atoms with Crippen LogP contribution in [0, 0.1) is 6.92 Å². The van der Waals surface area contributed by atoms with Crippen LogP contribution >= 0.6 is 0 Å². The van der Waals surface area contributed by atoms with Crippen molar-refractivity contribution in [2.45, 2.75) is 52.2 Å². The van der Waals surface area contributed by atoms with Gasteiger partial charge in [-0.25, -0.2) is 9.78 Å². The smallest absolute Gasteiger partial charge is 0.410 e. The number of thiol groups is 1. The Labute approximate surface area is 199 Å². The van der Waals surface area contributed by atoms with E-state index in [1.54, 1.807) is 12.0 Å². The molecule has 0 aromatic carbocycles. The Morgan fingerprint density at radius 2 is 2.03 bits per heavy atom. The minimum Gasteiger partial charge on any atom is -0.489 e. The molecule has 2 aromatic rings. The van der Waals surface area contributed by atoms with Crippen LogP contribution in [0.25, 0.3) is 0 Å². The quantitative estimate of drug-likeness (QED) is 0.435. The number of hydrogen-bond acceptors (Lipinski definition) is 8. The van der Waals surface area contributed by atoms with Crippen LogP contribution in [-0.2, 0) is 22.9 Å². The third-order valence-electron chi connectivity index (χ3n) is 5.28. The average Bonchev–Trinajstić information content (AvgIpc) is 2.79. The van der Waals surface area contributed by atoms with Gasteiger partial charge in [-0.05, 0) is 44.7 Å². The third kappa shape index (κ3) is 6.86. The predicted molar refractivity (Wildman–Crippen MR) is 131 cm³/mol. The molecule has 0 aliphatic carbocycles. The Morgan fingerprint density at radius 1 is 1.27 bits per heavy atom. The lowest BCUT2D eigenvalue weighted by Crippen LogP contribution is -2.42. The van der Waals surface area contributed by atoms with Crippen LogP contribution < -0.4 is 14.8 Å². The molecular weight excluding hydrogens is 442 g/mol. The minimum absolute atomic E-state index is 0.0784. The van der Waals surface area contributed by atoms with E-state index in [-0.39, 0.29) is 18.3 Å². The number of rotatable bonds is 9. The van der Waals surface area contributed by atoms with E-state index in [9.17, 15) is 4.79 Å². The number of pyridine rings is 1. The van der Waals surface area contributed by atoms with E-state index in [2.05, 4.69) is 21.5 Å². The second kappa shape index (κ2) is 11.9. The third-order valence-corrected chi connectivity index (χ3v) is 5.95. The molecule has 33 heavy (non-hydrogen) atoms. The Hall–Kier alpha value is -2.75. The molecule has 1 fully saturated rings. The van der Waals surface area contributed by atoms with Crippen LogP contribution in [0.3, 0.4) is 0 Å². The summed E-state index contributed by atoms with van der Waals surface area (Å²) in [6.07, 6.45) is 5.44. The van der Waals surface area contributed by atoms with Crippen molar-refractivity contribution < 1.29 is 19.0 Å². The molecule has 1 aliphatic rings. The molecule has 0 unspecified atom stereocenters. The molecule has 1 N–H and O–H groups in total. The van der Waals surface area contributed by atoms with Crippen molar-refractivity contribution in [3.63, 3.8) is 0 Å². The van der Waals surface area contributed by atoms with Crippen molar-refractivity contribution >= 4 is 29.4 Å². The number of amides is 1. The van der Waals surface area contributed by atoms with E-state index < -0.39 is 0 Å². The Kier molecular flexibility index (Phi) is 8.99. The van der Waals surface area contributed by atoms with Gasteiger partial charge in [-0.15, -0.1) is 0 Å². The van der Waals surface area contributed by atoms with Crippen molar-refractivity contribution in [2.24, 2.45) is 0 Å². The van der Waals surface area contributed by atoms with E-state index in [4.69, 9.17) is 19.2 Å². The van der Waals surface area contributed by atoms with Crippen LogP contribution in [-0.4, -0.2) is 70.4 Å². The highest BCUT2D eigenvalue weighted by Crippen LogP contribution is 2.35. The number of hydrogen-bond donors (Lipinski definition) is 1. The van der Waals surface area contributed by atoms with E-state index in [0.717, 1.165) is 29.2 Å². The summed E-state index contributed by atoms with van der Waals surface area (Å²) >= 11 is 1.36. The average molecular weight is 477 g/mol. The molecule has 1 saturated heterocycles. The maximum absolute atomic E-state index is 12.1. The monoisotopic (exact) mass is 476 g/mol. The normalized spacial score (nSPS) is 14.3. The van der Waals surface area contributed by atoms with Crippen molar-refractivity contribution in [2.75, 3.05) is 37.5 Å². The summed E-state index contributed by atoms with van der Waals surface area (Å²) in [5.74, 6) is 2.43. The fourth-order valence-corrected chi connectivity index (χ4v) is 4.00. The first-order valence-corrected chi connectivity index (χ1v) is 12.7. The summed E-state index contributed by atoms with van der Waals surface area (Å²) in [5.41, 5.74) is 2.83. The van der Waals surface area contributed by atoms with Crippen molar-refractivity contribution in [3.05, 3.63) is 29.8 Å². The molecule has 1 amide bonds. The van der Waals surface area contributed by atoms with Crippen molar-refractivity contribution in [3.8, 4) is 11.6 Å². The molecule has 10 heteroatoms. The number of methoxy groups -OCH3 is 1. The van der Waals surface area contributed by atoms with E-state index in [1.807, 2.05) is 32.9 Å². The number of piperidine rings is 1. The zero-order chi connectivity index (χ0) is 23.8. The number of aromatic nitrogens is 3. The van der Waals surface area contributed by atoms with Gasteiger partial charge in [-0.1, -0.05) is 0 Å². The summed E-state index contributed by atoms with van der Waals surface area (Å²) in [5, 5.41) is 3.30. The summed E-state index contributed by atoms with van der Waals surface area (Å²) in [7, 11) is 1.57. The van der Waals surface area contributed by atoms with Gasteiger partial charge in [0, 0.05) is 38.0 Å². The minimum atomic E-state index is -0.279. The largest absolute Gasteiger partial charge is 0.489 e. The maximum atomic E-state index is 12.1. The van der Waals surface area contributed by atoms with Gasteiger partial charge < -0.3 is 24.4 Å². The highest BCUT2D eigenvalue weighted by molar-refractivity contribution is 7.77. The first-order chi connectivity index (χ1) is 15.9. The van der Waals surface area contributed by atoms with E-state index >= 15 is 0 Å². The fraction of sp³-hybridized carbons (Fsp3) is 0.565. The molecule has 3 heterocycles. The number of nitrogens with one attached hydrogen (secondary N) is 1. The topological polar surface area (TPSA) is 98.7 Å². The zero-order valence-electron chi connectivity index (χ0n) is 20.0. The zero-order valence-corrected chi connectivity index (χ0v) is 20.9. The second-order valence-electron chi connectivity index (χ2n) is 8.15. The van der Waals surface area contributed by atoms with Gasteiger partial charge in [0.25, 0.3) is 5.88 Å². The van der Waals surface area contributed by atoms with Crippen LogP contribution in [0.15, 0.2) is 18.5 Å². The molecular formula is C23H34N5O4S+. The molecule has 0 saturated carbocycles. The fourth-order valence-electron chi connectivity index (χ4n) is 3.54. The lowest BCUT2D eigenvalue weighted by Gasteiger charge is -2.31. The summed E-state index contributed by atoms with van der Waals surface area (Å²) in [6.45, 7) is 6.81. The number of anilines is 2. The molecule has 0 atom stereocenters. The predicted octanol–water partition coefficient (Wildman–Crippen LogP) is 3.31. The number of nitrogens with zero attached hydrogens (tertiary/aromatic N) is 4. The van der Waals surface area contributed by atoms with Gasteiger partial charge in [-0.2, -0.15) is 4.98 Å².